The van der Waals surface area contributed by atoms with Crippen LogP contribution in [0.1, 0.15) is 0 Å². The van der Waals surface area contributed by atoms with Crippen molar-refractivity contribution in [1.29, 1.82) is 0 Å². The molecule has 0 aliphatic rings. The Bertz CT molecular complexity index is 3570. The minimum absolute atomic E-state index is 0.701. The second kappa shape index (κ2) is 14.3. The molecule has 0 aliphatic carbocycles. The summed E-state index contributed by atoms with van der Waals surface area (Å²) in [6.45, 7) is 0. The Kier molecular flexibility index (Phi) is 8.17. The van der Waals surface area contributed by atoms with Crippen molar-refractivity contribution in [2.45, 2.75) is 0 Å². The Morgan fingerprint density at radius 3 is 1.39 bits per heavy atom. The fourth-order valence-electron chi connectivity index (χ4n) is 9.07. The highest BCUT2D eigenvalue weighted by Gasteiger charge is 2.17. The number of benzene rings is 10. The lowest BCUT2D eigenvalue weighted by Gasteiger charge is -2.12. The summed E-state index contributed by atoms with van der Waals surface area (Å²) in [5.74, 6) is 0.701. The van der Waals surface area contributed by atoms with Crippen LogP contribution in [0.5, 0.6) is 0 Å². The molecule has 0 bridgehead atoms. The fraction of sp³-hybridized carbons (Fsp3) is 0. The van der Waals surface area contributed by atoms with Crippen LogP contribution >= 0.6 is 0 Å². The summed E-state index contributed by atoms with van der Waals surface area (Å²) in [6.07, 6.45) is 0. The molecule has 0 amide bonds. The molecule has 0 saturated heterocycles. The zero-order chi connectivity index (χ0) is 40.3. The molecular weight excluding hydrogens is 739 g/mol. The van der Waals surface area contributed by atoms with Gasteiger partial charge in [-0.05, 0) is 121 Å². The predicted octanol–water partition coefficient (Wildman–Crippen LogP) is 15.4. The highest BCUT2D eigenvalue weighted by atomic mass is 15.0. The molecule has 61 heavy (non-hydrogen) atoms. The van der Waals surface area contributed by atoms with Crippen LogP contribution in [-0.2, 0) is 0 Å². The van der Waals surface area contributed by atoms with Crippen molar-refractivity contribution in [3.05, 3.63) is 224 Å². The summed E-state index contributed by atoms with van der Waals surface area (Å²) in [6, 6.07) is 80.6. The SMILES string of the molecule is c1ccc(-c2cc(-c3ccccc3)nc(-c3ccc(-n4c5ccccc5c5c6cc(-c7ccc8cc(-c9ccc%10ccccc%10c9)ccc8c7)ccc6ccc54)cc3)n2)cc1. The van der Waals surface area contributed by atoms with Gasteiger partial charge >= 0.3 is 0 Å². The van der Waals surface area contributed by atoms with Crippen molar-refractivity contribution in [2.75, 3.05) is 0 Å². The van der Waals surface area contributed by atoms with Gasteiger partial charge in [-0.3, -0.25) is 0 Å². The number of aromatic nitrogens is 3. The largest absolute Gasteiger partial charge is 0.309 e. The van der Waals surface area contributed by atoms with E-state index in [1.54, 1.807) is 0 Å². The molecule has 0 unspecified atom stereocenters. The van der Waals surface area contributed by atoms with Crippen molar-refractivity contribution >= 4 is 54.1 Å². The normalized spacial score (nSPS) is 11.6. The molecule has 0 atom stereocenters. The van der Waals surface area contributed by atoms with Gasteiger partial charge in [-0.2, -0.15) is 0 Å². The van der Waals surface area contributed by atoms with E-state index in [0.29, 0.717) is 5.82 Å². The standard InChI is InChI=1S/C58H37N3/c1-3-12-40(13-4-1)53-37-54(41-14-5-2-6-15-41)60-58(59-53)42-27-30-50(31-28-42)61-55-18-10-9-17-51(55)57-52-36-49(22-20-39(52)29-32-56(57)61)48-26-25-46-34-45(23-24-47(46)35-48)44-21-19-38-11-7-8-16-43(38)33-44/h1-37H. The first kappa shape index (κ1) is 34.9. The predicted molar refractivity (Wildman–Crippen MR) is 256 cm³/mol. The van der Waals surface area contributed by atoms with Crippen LogP contribution in [-0.4, -0.2) is 14.5 Å². The number of rotatable bonds is 6. The van der Waals surface area contributed by atoms with E-state index in [-0.39, 0.29) is 0 Å². The summed E-state index contributed by atoms with van der Waals surface area (Å²) in [5, 5.41) is 9.94. The van der Waals surface area contributed by atoms with E-state index in [2.05, 4.69) is 217 Å². The van der Waals surface area contributed by atoms with Gasteiger partial charge in [-0.15, -0.1) is 0 Å². The Morgan fingerprint density at radius 1 is 0.279 bits per heavy atom. The third-order valence-corrected chi connectivity index (χ3v) is 12.2. The van der Waals surface area contributed by atoms with Gasteiger partial charge in [-0.25, -0.2) is 9.97 Å². The maximum absolute atomic E-state index is 5.08. The molecule has 12 aromatic rings. The van der Waals surface area contributed by atoms with Crippen LogP contribution < -0.4 is 0 Å². The molecule has 0 aliphatic heterocycles. The van der Waals surface area contributed by atoms with Crippen LogP contribution in [0.3, 0.4) is 0 Å². The van der Waals surface area contributed by atoms with Gasteiger partial charge in [0.1, 0.15) is 0 Å². The Morgan fingerprint density at radius 2 is 0.754 bits per heavy atom. The zero-order valence-corrected chi connectivity index (χ0v) is 33.2. The molecule has 0 N–H and O–H groups in total. The molecule has 2 aromatic heterocycles. The van der Waals surface area contributed by atoms with E-state index in [0.717, 1.165) is 33.8 Å². The number of hydrogen-bond donors (Lipinski definition) is 0. The van der Waals surface area contributed by atoms with E-state index >= 15 is 0 Å². The molecule has 284 valence electrons. The topological polar surface area (TPSA) is 30.7 Å². The molecule has 0 radical (unpaired) electrons. The van der Waals surface area contributed by atoms with Crippen molar-refractivity contribution in [3.8, 4) is 61.8 Å². The second-order valence-corrected chi connectivity index (χ2v) is 15.8. The molecule has 0 spiro atoms. The zero-order valence-electron chi connectivity index (χ0n) is 33.2. The molecule has 10 aromatic carbocycles. The molecular formula is C58H37N3. The lowest BCUT2D eigenvalue weighted by atomic mass is 9.95. The monoisotopic (exact) mass is 775 g/mol. The summed E-state index contributed by atoms with van der Waals surface area (Å²) < 4.78 is 2.39. The van der Waals surface area contributed by atoms with Crippen LogP contribution in [0.15, 0.2) is 224 Å². The Labute approximate surface area is 353 Å². The molecule has 3 heteroatoms. The average Bonchev–Trinajstić information content (AvgIpc) is 3.68. The van der Waals surface area contributed by atoms with E-state index < -0.39 is 0 Å². The number of nitrogens with zero attached hydrogens (tertiary/aromatic N) is 3. The first-order valence-corrected chi connectivity index (χ1v) is 20.8. The summed E-state index contributed by atoms with van der Waals surface area (Å²) in [4.78, 5) is 10.2. The molecule has 2 heterocycles. The van der Waals surface area contributed by atoms with Gasteiger partial charge in [0.15, 0.2) is 5.82 Å². The van der Waals surface area contributed by atoms with E-state index in [1.165, 1.54) is 76.4 Å². The number of para-hydroxylation sites is 1. The summed E-state index contributed by atoms with van der Waals surface area (Å²) in [7, 11) is 0. The van der Waals surface area contributed by atoms with Gasteiger partial charge in [0.05, 0.1) is 22.4 Å². The highest BCUT2D eigenvalue weighted by Crippen LogP contribution is 2.39. The van der Waals surface area contributed by atoms with Crippen LogP contribution in [0, 0.1) is 0 Å². The maximum atomic E-state index is 5.08. The molecule has 12 rings (SSSR count). The van der Waals surface area contributed by atoms with Gasteiger partial charge in [0.2, 0.25) is 0 Å². The Balaban J connectivity index is 0.931. The minimum Gasteiger partial charge on any atom is -0.309 e. The van der Waals surface area contributed by atoms with Gasteiger partial charge in [0, 0.05) is 33.2 Å². The number of hydrogen-bond acceptors (Lipinski definition) is 2. The van der Waals surface area contributed by atoms with E-state index in [4.69, 9.17) is 9.97 Å². The quantitative estimate of drug-likeness (QED) is 0.168. The fourth-order valence-corrected chi connectivity index (χ4v) is 9.07. The van der Waals surface area contributed by atoms with Crippen molar-refractivity contribution in [2.24, 2.45) is 0 Å². The summed E-state index contributed by atoms with van der Waals surface area (Å²) >= 11 is 0. The number of fused-ring (bicyclic) bond motifs is 7. The first-order valence-electron chi connectivity index (χ1n) is 20.8. The van der Waals surface area contributed by atoms with E-state index in [9.17, 15) is 0 Å². The second-order valence-electron chi connectivity index (χ2n) is 15.8. The van der Waals surface area contributed by atoms with Gasteiger partial charge in [0.25, 0.3) is 0 Å². The lowest BCUT2D eigenvalue weighted by molar-refractivity contribution is 1.16. The third kappa shape index (κ3) is 6.14. The maximum Gasteiger partial charge on any atom is 0.160 e. The third-order valence-electron chi connectivity index (χ3n) is 12.2. The Hall–Kier alpha value is -8.14. The van der Waals surface area contributed by atoms with E-state index in [1.807, 2.05) is 12.1 Å². The lowest BCUT2D eigenvalue weighted by Crippen LogP contribution is -1.97. The average molecular weight is 776 g/mol. The van der Waals surface area contributed by atoms with Crippen molar-refractivity contribution in [1.82, 2.24) is 14.5 Å². The van der Waals surface area contributed by atoms with Crippen LogP contribution in [0.4, 0.5) is 0 Å². The molecule has 3 nitrogen and oxygen atoms in total. The van der Waals surface area contributed by atoms with Crippen LogP contribution in [0.25, 0.3) is 116 Å². The van der Waals surface area contributed by atoms with Crippen molar-refractivity contribution < 1.29 is 0 Å². The van der Waals surface area contributed by atoms with Crippen LogP contribution in [0.2, 0.25) is 0 Å². The van der Waals surface area contributed by atoms with Gasteiger partial charge < -0.3 is 4.57 Å². The highest BCUT2D eigenvalue weighted by molar-refractivity contribution is 6.22. The smallest absolute Gasteiger partial charge is 0.160 e. The first-order chi connectivity index (χ1) is 30.2. The molecule has 0 saturated carbocycles. The summed E-state index contributed by atoms with van der Waals surface area (Å²) in [5.41, 5.74) is 13.2. The van der Waals surface area contributed by atoms with Crippen molar-refractivity contribution in [3.63, 3.8) is 0 Å². The minimum atomic E-state index is 0.701. The molecule has 0 fully saturated rings. The van der Waals surface area contributed by atoms with Gasteiger partial charge in [-0.1, -0.05) is 158 Å².